The second-order valence-electron chi connectivity index (χ2n) is 4.79. The molecule has 0 heterocycles. The molecule has 0 saturated heterocycles. The summed E-state index contributed by atoms with van der Waals surface area (Å²) >= 11 is 0. The zero-order chi connectivity index (χ0) is 14.4. The van der Waals surface area contributed by atoms with Crippen LogP contribution in [0.5, 0.6) is 0 Å². The monoisotopic (exact) mass is 265 g/mol. The van der Waals surface area contributed by atoms with Crippen molar-refractivity contribution in [3.8, 4) is 0 Å². The van der Waals surface area contributed by atoms with E-state index in [0.717, 1.165) is 0 Å². The molecule has 1 amide bonds. The molecule has 0 aliphatic rings. The highest BCUT2D eigenvalue weighted by Gasteiger charge is 2.11. The summed E-state index contributed by atoms with van der Waals surface area (Å²) in [6.45, 7) is 4.08. The van der Waals surface area contributed by atoms with Crippen LogP contribution < -0.4 is 5.32 Å². The standard InChI is InChI=1S/C14H19NO4/c1-9(6-10(2)16)8-15-13(17)11-4-3-5-12(7-11)14(18)19/h3-5,7,9-10,16H,6,8H2,1-2H3,(H,15,17)(H,18,19). The van der Waals surface area contributed by atoms with Crippen LogP contribution in [0.3, 0.4) is 0 Å². The van der Waals surface area contributed by atoms with Crippen molar-refractivity contribution in [2.45, 2.75) is 26.4 Å². The first kappa shape index (κ1) is 15.2. The molecule has 104 valence electrons. The van der Waals surface area contributed by atoms with Crippen LogP contribution in [0.4, 0.5) is 0 Å². The maximum atomic E-state index is 11.8. The van der Waals surface area contributed by atoms with Gasteiger partial charge in [-0.15, -0.1) is 0 Å². The molecule has 2 atom stereocenters. The SMILES string of the molecule is CC(O)CC(C)CNC(=O)c1cccc(C(=O)O)c1. The van der Waals surface area contributed by atoms with Crippen LogP contribution in [0.25, 0.3) is 0 Å². The van der Waals surface area contributed by atoms with Crippen molar-refractivity contribution in [1.29, 1.82) is 0 Å². The quantitative estimate of drug-likeness (QED) is 0.728. The van der Waals surface area contributed by atoms with E-state index < -0.39 is 12.1 Å². The third-order valence-corrected chi connectivity index (χ3v) is 2.73. The molecule has 5 heteroatoms. The highest BCUT2D eigenvalue weighted by Crippen LogP contribution is 2.07. The average molecular weight is 265 g/mol. The molecule has 1 aromatic carbocycles. The number of aliphatic hydroxyl groups excluding tert-OH is 1. The molecule has 0 aromatic heterocycles. The van der Waals surface area contributed by atoms with Crippen LogP contribution in [0.1, 0.15) is 41.0 Å². The molecule has 3 N–H and O–H groups in total. The largest absolute Gasteiger partial charge is 0.478 e. The number of hydrogen-bond acceptors (Lipinski definition) is 3. The van der Waals surface area contributed by atoms with Gasteiger partial charge in [0, 0.05) is 12.1 Å². The molecule has 1 rings (SSSR count). The van der Waals surface area contributed by atoms with Gasteiger partial charge >= 0.3 is 5.97 Å². The second-order valence-corrected chi connectivity index (χ2v) is 4.79. The van der Waals surface area contributed by atoms with Crippen LogP contribution in [0, 0.1) is 5.92 Å². The Labute approximate surface area is 112 Å². The van der Waals surface area contributed by atoms with E-state index in [0.29, 0.717) is 18.5 Å². The first-order chi connectivity index (χ1) is 8.90. The van der Waals surface area contributed by atoms with Gasteiger partial charge in [-0.05, 0) is 37.5 Å². The Morgan fingerprint density at radius 2 is 1.89 bits per heavy atom. The molecular formula is C14H19NO4. The topological polar surface area (TPSA) is 86.6 Å². The van der Waals surface area contributed by atoms with Gasteiger partial charge < -0.3 is 15.5 Å². The van der Waals surface area contributed by atoms with Gasteiger partial charge in [-0.3, -0.25) is 4.79 Å². The summed E-state index contributed by atoms with van der Waals surface area (Å²) < 4.78 is 0. The van der Waals surface area contributed by atoms with Gasteiger partial charge in [0.25, 0.3) is 5.91 Å². The number of rotatable bonds is 6. The van der Waals surface area contributed by atoms with Gasteiger partial charge in [-0.1, -0.05) is 13.0 Å². The Bertz CT molecular complexity index is 457. The van der Waals surface area contributed by atoms with Crippen molar-refractivity contribution >= 4 is 11.9 Å². The van der Waals surface area contributed by atoms with Crippen LogP contribution in [0.2, 0.25) is 0 Å². The molecule has 0 fully saturated rings. The molecule has 0 aliphatic carbocycles. The normalized spacial score (nSPS) is 13.6. The highest BCUT2D eigenvalue weighted by atomic mass is 16.4. The summed E-state index contributed by atoms with van der Waals surface area (Å²) in [5.41, 5.74) is 0.411. The van der Waals surface area contributed by atoms with Crippen molar-refractivity contribution in [3.05, 3.63) is 35.4 Å². The third kappa shape index (κ3) is 5.09. The maximum absolute atomic E-state index is 11.8. The summed E-state index contributed by atoms with van der Waals surface area (Å²) in [6.07, 6.45) is 0.206. The minimum Gasteiger partial charge on any atom is -0.478 e. The number of amides is 1. The Morgan fingerprint density at radius 1 is 1.26 bits per heavy atom. The Balaban J connectivity index is 2.58. The summed E-state index contributed by atoms with van der Waals surface area (Å²) in [7, 11) is 0. The van der Waals surface area contributed by atoms with E-state index in [4.69, 9.17) is 5.11 Å². The van der Waals surface area contributed by atoms with Gasteiger partial charge in [0.1, 0.15) is 0 Å². The second kappa shape index (κ2) is 6.89. The fourth-order valence-corrected chi connectivity index (χ4v) is 1.83. The van der Waals surface area contributed by atoms with E-state index in [9.17, 15) is 14.7 Å². The van der Waals surface area contributed by atoms with E-state index >= 15 is 0 Å². The van der Waals surface area contributed by atoms with Crippen molar-refractivity contribution in [2.75, 3.05) is 6.54 Å². The molecule has 1 aromatic rings. The number of aliphatic hydroxyl groups is 1. The molecule has 19 heavy (non-hydrogen) atoms. The number of nitrogens with one attached hydrogen (secondary N) is 1. The van der Waals surface area contributed by atoms with Gasteiger partial charge in [0.15, 0.2) is 0 Å². The molecule has 0 aliphatic heterocycles. The van der Waals surface area contributed by atoms with E-state index in [1.165, 1.54) is 18.2 Å². The number of carbonyl (C=O) groups excluding carboxylic acids is 1. The van der Waals surface area contributed by atoms with E-state index in [-0.39, 0.29) is 17.4 Å². The van der Waals surface area contributed by atoms with Gasteiger partial charge in [0.2, 0.25) is 0 Å². The number of hydrogen-bond donors (Lipinski definition) is 3. The molecular weight excluding hydrogens is 246 g/mol. The van der Waals surface area contributed by atoms with E-state index in [1.54, 1.807) is 13.0 Å². The van der Waals surface area contributed by atoms with Gasteiger partial charge in [0.05, 0.1) is 11.7 Å². The number of carboxylic acid groups (broad SMARTS) is 1. The third-order valence-electron chi connectivity index (χ3n) is 2.73. The van der Waals surface area contributed by atoms with Crippen LogP contribution in [0.15, 0.2) is 24.3 Å². The molecule has 0 bridgehead atoms. The number of carboxylic acids is 1. The highest BCUT2D eigenvalue weighted by molar-refractivity contribution is 5.97. The van der Waals surface area contributed by atoms with Crippen LogP contribution >= 0.6 is 0 Å². The first-order valence-electron chi connectivity index (χ1n) is 6.19. The predicted octanol–water partition coefficient (Wildman–Crippen LogP) is 1.52. The Kier molecular flexibility index (Phi) is 5.51. The summed E-state index contributed by atoms with van der Waals surface area (Å²) in [5.74, 6) is -1.20. The molecule has 2 unspecified atom stereocenters. The lowest BCUT2D eigenvalue weighted by atomic mass is 10.0. The zero-order valence-electron chi connectivity index (χ0n) is 11.1. The Hall–Kier alpha value is -1.88. The molecule has 0 spiro atoms. The zero-order valence-corrected chi connectivity index (χ0v) is 11.1. The van der Waals surface area contributed by atoms with Gasteiger partial charge in [-0.25, -0.2) is 4.79 Å². The lowest BCUT2D eigenvalue weighted by Gasteiger charge is -2.14. The number of aromatic carboxylic acids is 1. The minimum absolute atomic E-state index is 0.0877. The Morgan fingerprint density at radius 3 is 2.47 bits per heavy atom. The van der Waals surface area contributed by atoms with Crippen molar-refractivity contribution in [1.82, 2.24) is 5.32 Å². The van der Waals surface area contributed by atoms with Crippen molar-refractivity contribution in [3.63, 3.8) is 0 Å². The van der Waals surface area contributed by atoms with Crippen molar-refractivity contribution in [2.24, 2.45) is 5.92 Å². The first-order valence-corrected chi connectivity index (χ1v) is 6.19. The minimum atomic E-state index is -1.06. The number of benzene rings is 1. The summed E-state index contributed by atoms with van der Waals surface area (Å²) in [6, 6.07) is 5.89. The predicted molar refractivity (Wildman–Crippen MR) is 71.2 cm³/mol. The van der Waals surface area contributed by atoms with Gasteiger partial charge in [-0.2, -0.15) is 0 Å². The van der Waals surface area contributed by atoms with Crippen LogP contribution in [-0.4, -0.2) is 34.7 Å². The maximum Gasteiger partial charge on any atom is 0.335 e. The van der Waals surface area contributed by atoms with Crippen molar-refractivity contribution < 1.29 is 19.8 Å². The van der Waals surface area contributed by atoms with E-state index in [2.05, 4.69) is 5.32 Å². The summed E-state index contributed by atoms with van der Waals surface area (Å²) in [5, 5.41) is 20.8. The smallest absolute Gasteiger partial charge is 0.335 e. The molecule has 0 saturated carbocycles. The fraction of sp³-hybridized carbons (Fsp3) is 0.429. The lowest BCUT2D eigenvalue weighted by molar-refractivity contribution is 0.0697. The van der Waals surface area contributed by atoms with E-state index in [1.807, 2.05) is 6.92 Å². The number of carbonyl (C=O) groups is 2. The average Bonchev–Trinajstić information content (AvgIpc) is 2.35. The fourth-order valence-electron chi connectivity index (χ4n) is 1.83. The molecule has 0 radical (unpaired) electrons. The summed E-state index contributed by atoms with van der Waals surface area (Å²) in [4.78, 5) is 22.6. The molecule has 5 nitrogen and oxygen atoms in total. The lowest BCUT2D eigenvalue weighted by Crippen LogP contribution is -2.29. The van der Waals surface area contributed by atoms with Crippen LogP contribution in [-0.2, 0) is 0 Å².